The van der Waals surface area contributed by atoms with E-state index in [4.69, 9.17) is 0 Å². The van der Waals surface area contributed by atoms with Gasteiger partial charge in [-0.15, -0.1) is 6.58 Å². The van der Waals surface area contributed by atoms with Crippen LogP contribution in [0.15, 0.2) is 12.7 Å². The minimum Gasteiger partial charge on any atom is -0.103 e. The molecule has 0 aromatic rings. The first-order valence-corrected chi connectivity index (χ1v) is 4.65. The summed E-state index contributed by atoms with van der Waals surface area (Å²) >= 11 is 0. The smallest absolute Gasteiger partial charge is 0.00981 e. The monoisotopic (exact) mass is 152 g/mol. The number of hydrogen-bond acceptors (Lipinski definition) is 0. The van der Waals surface area contributed by atoms with Gasteiger partial charge in [-0.25, -0.2) is 0 Å². The minimum atomic E-state index is 0.380. The van der Waals surface area contributed by atoms with E-state index in [1.807, 2.05) is 0 Å². The van der Waals surface area contributed by atoms with E-state index in [9.17, 15) is 0 Å². The van der Waals surface area contributed by atoms with Gasteiger partial charge < -0.3 is 0 Å². The second kappa shape index (κ2) is 2.66. The van der Waals surface area contributed by atoms with E-state index < -0.39 is 0 Å². The molecule has 0 heteroatoms. The van der Waals surface area contributed by atoms with E-state index in [1.165, 1.54) is 25.7 Å². The molecule has 1 rings (SSSR count). The van der Waals surface area contributed by atoms with Gasteiger partial charge in [-0.2, -0.15) is 0 Å². The maximum absolute atomic E-state index is 3.95. The molecule has 1 unspecified atom stereocenters. The number of allylic oxidation sites excluding steroid dienone is 1. The van der Waals surface area contributed by atoms with Gasteiger partial charge in [0, 0.05) is 0 Å². The summed E-state index contributed by atoms with van der Waals surface area (Å²) in [7, 11) is 0. The predicted molar refractivity (Wildman–Crippen MR) is 50.6 cm³/mol. The van der Waals surface area contributed by atoms with Crippen LogP contribution in [0, 0.1) is 10.8 Å². The van der Waals surface area contributed by atoms with Crippen molar-refractivity contribution >= 4 is 0 Å². The summed E-state index contributed by atoms with van der Waals surface area (Å²) in [4.78, 5) is 0. The summed E-state index contributed by atoms with van der Waals surface area (Å²) in [6, 6.07) is 0. The van der Waals surface area contributed by atoms with Crippen molar-refractivity contribution in [2.45, 2.75) is 46.5 Å². The standard InChI is InChI=1S/C11H20/c1-5-11(4)9-7-6-8-10(11,2)3/h5H,1,6-9H2,2-4H3. The highest BCUT2D eigenvalue weighted by atomic mass is 14.4. The summed E-state index contributed by atoms with van der Waals surface area (Å²) in [6.07, 6.45) is 7.62. The zero-order valence-electron chi connectivity index (χ0n) is 8.11. The third kappa shape index (κ3) is 1.36. The maximum atomic E-state index is 3.95. The molecule has 0 heterocycles. The van der Waals surface area contributed by atoms with Crippen LogP contribution in [0.2, 0.25) is 0 Å². The molecule has 1 fully saturated rings. The zero-order valence-corrected chi connectivity index (χ0v) is 8.11. The van der Waals surface area contributed by atoms with Crippen LogP contribution in [0.3, 0.4) is 0 Å². The third-order valence-corrected chi connectivity index (χ3v) is 3.74. The lowest BCUT2D eigenvalue weighted by Crippen LogP contribution is -2.36. The molecular formula is C11H20. The number of hydrogen-bond donors (Lipinski definition) is 0. The van der Waals surface area contributed by atoms with E-state index in [0.29, 0.717) is 10.8 Å². The molecule has 0 N–H and O–H groups in total. The molecule has 1 aliphatic rings. The van der Waals surface area contributed by atoms with Crippen molar-refractivity contribution in [3.63, 3.8) is 0 Å². The van der Waals surface area contributed by atoms with Gasteiger partial charge in [-0.1, -0.05) is 39.7 Å². The Kier molecular flexibility index (Phi) is 2.13. The molecule has 1 atom stereocenters. The van der Waals surface area contributed by atoms with Crippen molar-refractivity contribution in [2.24, 2.45) is 10.8 Å². The lowest BCUT2D eigenvalue weighted by atomic mass is 9.59. The molecule has 0 amide bonds. The van der Waals surface area contributed by atoms with E-state index in [0.717, 1.165) is 0 Å². The topological polar surface area (TPSA) is 0 Å². The fourth-order valence-corrected chi connectivity index (χ4v) is 2.06. The van der Waals surface area contributed by atoms with Crippen LogP contribution in [-0.4, -0.2) is 0 Å². The van der Waals surface area contributed by atoms with Gasteiger partial charge in [-0.05, 0) is 23.7 Å². The van der Waals surface area contributed by atoms with Gasteiger partial charge >= 0.3 is 0 Å². The van der Waals surface area contributed by atoms with Crippen LogP contribution in [0.25, 0.3) is 0 Å². The van der Waals surface area contributed by atoms with Crippen molar-refractivity contribution in [1.29, 1.82) is 0 Å². The van der Waals surface area contributed by atoms with E-state index in [-0.39, 0.29) is 0 Å². The summed E-state index contributed by atoms with van der Waals surface area (Å²) in [5.74, 6) is 0. The fraction of sp³-hybridized carbons (Fsp3) is 0.818. The van der Waals surface area contributed by atoms with Gasteiger partial charge in [0.2, 0.25) is 0 Å². The summed E-state index contributed by atoms with van der Waals surface area (Å²) in [5.41, 5.74) is 0.845. The summed E-state index contributed by atoms with van der Waals surface area (Å²) < 4.78 is 0. The Morgan fingerprint density at radius 2 is 1.64 bits per heavy atom. The average Bonchev–Trinajstić information content (AvgIpc) is 1.95. The quantitative estimate of drug-likeness (QED) is 0.502. The Labute approximate surface area is 70.7 Å². The molecule has 1 aliphatic carbocycles. The second-order valence-corrected chi connectivity index (χ2v) is 4.71. The highest BCUT2D eigenvalue weighted by Crippen LogP contribution is 2.50. The Morgan fingerprint density at radius 1 is 1.09 bits per heavy atom. The molecule has 0 nitrogen and oxygen atoms in total. The van der Waals surface area contributed by atoms with Crippen LogP contribution in [0.4, 0.5) is 0 Å². The third-order valence-electron chi connectivity index (χ3n) is 3.74. The second-order valence-electron chi connectivity index (χ2n) is 4.71. The molecule has 11 heavy (non-hydrogen) atoms. The Hall–Kier alpha value is -0.260. The predicted octanol–water partition coefficient (Wildman–Crippen LogP) is 3.78. The normalized spacial score (nSPS) is 36.6. The van der Waals surface area contributed by atoms with Crippen LogP contribution in [0.5, 0.6) is 0 Å². The molecule has 0 bridgehead atoms. The average molecular weight is 152 g/mol. The molecule has 0 saturated heterocycles. The Balaban J connectivity index is 2.82. The van der Waals surface area contributed by atoms with E-state index in [1.54, 1.807) is 0 Å². The Bertz CT molecular complexity index is 155. The lowest BCUT2D eigenvalue weighted by Gasteiger charge is -2.46. The van der Waals surface area contributed by atoms with Crippen LogP contribution >= 0.6 is 0 Å². The van der Waals surface area contributed by atoms with Crippen LogP contribution in [-0.2, 0) is 0 Å². The van der Waals surface area contributed by atoms with Gasteiger partial charge in [0.25, 0.3) is 0 Å². The van der Waals surface area contributed by atoms with Gasteiger partial charge in [0.15, 0.2) is 0 Å². The molecule has 1 saturated carbocycles. The molecule has 0 radical (unpaired) electrons. The van der Waals surface area contributed by atoms with E-state index >= 15 is 0 Å². The first-order valence-electron chi connectivity index (χ1n) is 4.65. The summed E-state index contributed by atoms with van der Waals surface area (Å²) in [6.45, 7) is 11.0. The van der Waals surface area contributed by atoms with Gasteiger partial charge in [0.1, 0.15) is 0 Å². The Morgan fingerprint density at radius 3 is 2.00 bits per heavy atom. The largest absolute Gasteiger partial charge is 0.103 e. The van der Waals surface area contributed by atoms with E-state index in [2.05, 4.69) is 33.4 Å². The van der Waals surface area contributed by atoms with Crippen molar-refractivity contribution in [1.82, 2.24) is 0 Å². The fourth-order valence-electron chi connectivity index (χ4n) is 2.06. The molecule has 0 aliphatic heterocycles. The highest BCUT2D eigenvalue weighted by molar-refractivity contribution is 5.02. The zero-order chi connectivity index (χ0) is 8.54. The minimum absolute atomic E-state index is 0.380. The van der Waals surface area contributed by atoms with Crippen molar-refractivity contribution in [2.75, 3.05) is 0 Å². The van der Waals surface area contributed by atoms with Crippen molar-refractivity contribution < 1.29 is 0 Å². The SMILES string of the molecule is C=CC1(C)CCCCC1(C)C. The van der Waals surface area contributed by atoms with Crippen molar-refractivity contribution in [3.8, 4) is 0 Å². The molecule has 0 spiro atoms. The molecule has 0 aromatic carbocycles. The molecule has 0 aromatic heterocycles. The first-order chi connectivity index (χ1) is 5.02. The van der Waals surface area contributed by atoms with Gasteiger partial charge in [0.05, 0.1) is 0 Å². The van der Waals surface area contributed by atoms with Gasteiger partial charge in [-0.3, -0.25) is 0 Å². The van der Waals surface area contributed by atoms with Crippen LogP contribution < -0.4 is 0 Å². The maximum Gasteiger partial charge on any atom is -0.00981 e. The highest BCUT2D eigenvalue weighted by Gasteiger charge is 2.39. The first kappa shape index (κ1) is 8.83. The summed E-state index contributed by atoms with van der Waals surface area (Å²) in [5, 5.41) is 0. The van der Waals surface area contributed by atoms with Crippen molar-refractivity contribution in [3.05, 3.63) is 12.7 Å². The molecular weight excluding hydrogens is 132 g/mol. The van der Waals surface area contributed by atoms with Crippen LogP contribution in [0.1, 0.15) is 46.5 Å². The molecule has 64 valence electrons. The lowest BCUT2D eigenvalue weighted by molar-refractivity contribution is 0.0809. The number of rotatable bonds is 1.